The predicted octanol–water partition coefficient (Wildman–Crippen LogP) is 6.28. The van der Waals surface area contributed by atoms with Crippen molar-refractivity contribution in [3.63, 3.8) is 0 Å². The Balaban J connectivity index is 1.29. The van der Waals surface area contributed by atoms with Gasteiger partial charge in [-0.05, 0) is 56.0 Å². The van der Waals surface area contributed by atoms with E-state index in [2.05, 4.69) is 54.8 Å². The summed E-state index contributed by atoms with van der Waals surface area (Å²) in [6, 6.07) is 26.8. The molecule has 0 N–H and O–H groups in total. The molecule has 0 radical (unpaired) electrons. The molecule has 35 heavy (non-hydrogen) atoms. The fourth-order valence-corrected chi connectivity index (χ4v) is 5.10. The molecule has 5 nitrogen and oxygen atoms in total. The molecule has 2 unspecified atom stereocenters. The molecule has 0 aliphatic carbocycles. The van der Waals surface area contributed by atoms with Crippen molar-refractivity contribution in [3.8, 4) is 5.75 Å². The van der Waals surface area contributed by atoms with Gasteiger partial charge in [0.15, 0.2) is 0 Å². The van der Waals surface area contributed by atoms with Crippen LogP contribution in [0, 0.1) is 6.92 Å². The first-order valence-electron chi connectivity index (χ1n) is 12.6. The van der Waals surface area contributed by atoms with Crippen molar-refractivity contribution in [1.29, 1.82) is 0 Å². The average Bonchev–Trinajstić information content (AvgIpc) is 3.45. The van der Waals surface area contributed by atoms with Crippen LogP contribution in [0.25, 0.3) is 11.0 Å². The number of aryl methyl sites for hydroxylation is 2. The monoisotopic (exact) mass is 467 g/mol. The normalized spacial score (nSPS) is 16.7. The lowest BCUT2D eigenvalue weighted by Gasteiger charge is -2.25. The number of para-hydroxylation sites is 3. The maximum Gasteiger partial charge on any atom is 0.223 e. The molecule has 5 rings (SSSR count). The summed E-state index contributed by atoms with van der Waals surface area (Å²) in [6.45, 7) is 6.45. The molecule has 1 fully saturated rings. The molecule has 2 atom stereocenters. The Labute approximate surface area is 207 Å². The number of amides is 1. The van der Waals surface area contributed by atoms with Crippen molar-refractivity contribution in [2.45, 2.75) is 51.6 Å². The number of carbonyl (C=O) groups is 1. The van der Waals surface area contributed by atoms with E-state index in [9.17, 15) is 4.79 Å². The molecule has 180 valence electrons. The Hall–Kier alpha value is -3.60. The Kier molecular flexibility index (Phi) is 6.84. The van der Waals surface area contributed by atoms with Gasteiger partial charge in [0.2, 0.25) is 5.91 Å². The molecule has 2 heterocycles. The molecular weight excluding hydrogens is 434 g/mol. The second-order valence-corrected chi connectivity index (χ2v) is 9.47. The lowest BCUT2D eigenvalue weighted by molar-refractivity contribution is -0.129. The van der Waals surface area contributed by atoms with Gasteiger partial charge >= 0.3 is 0 Å². The van der Waals surface area contributed by atoms with Crippen LogP contribution in [0.5, 0.6) is 5.75 Å². The lowest BCUT2D eigenvalue weighted by atomic mass is 10.1. The number of hydrogen-bond donors (Lipinski definition) is 0. The van der Waals surface area contributed by atoms with E-state index >= 15 is 0 Å². The third kappa shape index (κ3) is 4.95. The van der Waals surface area contributed by atoms with Gasteiger partial charge < -0.3 is 14.2 Å². The molecule has 4 aromatic rings. The van der Waals surface area contributed by atoms with Gasteiger partial charge in [0, 0.05) is 25.4 Å². The van der Waals surface area contributed by atoms with Crippen molar-refractivity contribution in [2.24, 2.45) is 0 Å². The first-order valence-corrected chi connectivity index (χ1v) is 12.6. The van der Waals surface area contributed by atoms with E-state index in [4.69, 9.17) is 9.72 Å². The van der Waals surface area contributed by atoms with E-state index in [0.717, 1.165) is 47.6 Å². The zero-order valence-electron chi connectivity index (χ0n) is 20.6. The predicted molar refractivity (Wildman–Crippen MR) is 140 cm³/mol. The Morgan fingerprint density at radius 1 is 0.971 bits per heavy atom. The van der Waals surface area contributed by atoms with Crippen LogP contribution in [0.15, 0.2) is 78.9 Å². The maximum atomic E-state index is 13.0. The number of rotatable bonds is 9. The molecule has 1 aliphatic rings. The van der Waals surface area contributed by atoms with Crippen molar-refractivity contribution in [3.05, 3.63) is 95.8 Å². The summed E-state index contributed by atoms with van der Waals surface area (Å²) >= 11 is 0. The highest BCUT2D eigenvalue weighted by Gasteiger charge is 2.36. The van der Waals surface area contributed by atoms with Crippen LogP contribution in [-0.4, -0.2) is 33.5 Å². The average molecular weight is 468 g/mol. The number of aromatic nitrogens is 2. The molecule has 0 bridgehead atoms. The summed E-state index contributed by atoms with van der Waals surface area (Å²) in [5.74, 6) is 2.29. The molecular formula is C30H33N3O2. The number of carbonyl (C=O) groups excluding carboxylic acids is 1. The number of nitrogens with zero attached hydrogens (tertiary/aromatic N) is 3. The van der Waals surface area contributed by atoms with Gasteiger partial charge in [-0.2, -0.15) is 0 Å². The van der Waals surface area contributed by atoms with E-state index in [1.807, 2.05) is 47.4 Å². The number of imidazole rings is 1. The largest absolute Gasteiger partial charge is 0.493 e. The first-order chi connectivity index (χ1) is 17.1. The standard InChI is InChI=1S/C30H33N3O2/c1-22-12-6-9-17-28(22)35-19-11-10-18-32-27-16-8-7-15-26(27)31-30(32)25-20-29(34)33(21-25)23(2)24-13-4-3-5-14-24/h3-9,12-17,23,25H,10-11,18-21H2,1-2H3. The van der Waals surface area contributed by atoms with Crippen molar-refractivity contribution in [1.82, 2.24) is 14.5 Å². The van der Waals surface area contributed by atoms with Gasteiger partial charge in [-0.1, -0.05) is 60.7 Å². The van der Waals surface area contributed by atoms with Gasteiger partial charge in [0.25, 0.3) is 0 Å². The fourth-order valence-electron chi connectivity index (χ4n) is 5.10. The van der Waals surface area contributed by atoms with Crippen molar-refractivity contribution in [2.75, 3.05) is 13.2 Å². The molecule has 1 amide bonds. The minimum Gasteiger partial charge on any atom is -0.493 e. The number of unbranched alkanes of at least 4 members (excludes halogenated alkanes) is 1. The molecule has 0 saturated carbocycles. The smallest absolute Gasteiger partial charge is 0.223 e. The van der Waals surface area contributed by atoms with E-state index in [1.165, 1.54) is 5.56 Å². The Morgan fingerprint density at radius 2 is 1.71 bits per heavy atom. The van der Waals surface area contributed by atoms with Gasteiger partial charge in [-0.25, -0.2) is 4.98 Å². The van der Waals surface area contributed by atoms with Crippen LogP contribution in [0.4, 0.5) is 0 Å². The second kappa shape index (κ2) is 10.3. The molecule has 5 heteroatoms. The third-order valence-corrected chi connectivity index (χ3v) is 7.08. The third-order valence-electron chi connectivity index (χ3n) is 7.08. The van der Waals surface area contributed by atoms with Crippen molar-refractivity contribution >= 4 is 16.9 Å². The fraction of sp³-hybridized carbons (Fsp3) is 0.333. The number of hydrogen-bond acceptors (Lipinski definition) is 3. The van der Waals surface area contributed by atoms with E-state index in [0.29, 0.717) is 19.6 Å². The highest BCUT2D eigenvalue weighted by Crippen LogP contribution is 2.35. The van der Waals surface area contributed by atoms with Crippen molar-refractivity contribution < 1.29 is 9.53 Å². The molecule has 3 aromatic carbocycles. The number of benzene rings is 3. The number of fused-ring (bicyclic) bond motifs is 1. The lowest BCUT2D eigenvalue weighted by Crippen LogP contribution is -2.28. The molecule has 1 saturated heterocycles. The van der Waals surface area contributed by atoms with Crippen LogP contribution in [0.2, 0.25) is 0 Å². The SMILES string of the molecule is Cc1ccccc1OCCCCn1c(C2CC(=O)N(C(C)c3ccccc3)C2)nc2ccccc21. The van der Waals surface area contributed by atoms with E-state index < -0.39 is 0 Å². The molecule has 0 spiro atoms. The van der Waals surface area contributed by atoms with Gasteiger partial charge in [-0.15, -0.1) is 0 Å². The summed E-state index contributed by atoms with van der Waals surface area (Å²) in [7, 11) is 0. The maximum absolute atomic E-state index is 13.0. The van der Waals surface area contributed by atoms with Crippen LogP contribution >= 0.6 is 0 Å². The zero-order valence-corrected chi connectivity index (χ0v) is 20.6. The Morgan fingerprint density at radius 3 is 2.54 bits per heavy atom. The minimum absolute atomic E-state index is 0.0603. The van der Waals surface area contributed by atoms with Gasteiger partial charge in [0.1, 0.15) is 11.6 Å². The van der Waals surface area contributed by atoms with E-state index in [1.54, 1.807) is 0 Å². The van der Waals surface area contributed by atoms with Crippen LogP contribution in [0.3, 0.4) is 0 Å². The highest BCUT2D eigenvalue weighted by molar-refractivity contribution is 5.81. The summed E-state index contributed by atoms with van der Waals surface area (Å²) in [6.07, 6.45) is 2.46. The second-order valence-electron chi connectivity index (χ2n) is 9.47. The summed E-state index contributed by atoms with van der Waals surface area (Å²) < 4.78 is 8.33. The first kappa shape index (κ1) is 23.2. The summed E-state index contributed by atoms with van der Waals surface area (Å²) in [4.78, 5) is 20.1. The summed E-state index contributed by atoms with van der Waals surface area (Å²) in [5.41, 5.74) is 4.48. The minimum atomic E-state index is 0.0603. The zero-order chi connectivity index (χ0) is 24.2. The molecule has 1 aliphatic heterocycles. The van der Waals surface area contributed by atoms with E-state index in [-0.39, 0.29) is 17.9 Å². The van der Waals surface area contributed by atoms with Gasteiger partial charge in [0.05, 0.1) is 23.7 Å². The van der Waals surface area contributed by atoms with Crippen LogP contribution in [0.1, 0.15) is 55.1 Å². The van der Waals surface area contributed by atoms with Crippen LogP contribution < -0.4 is 4.74 Å². The quantitative estimate of drug-likeness (QED) is 0.272. The Bertz CT molecular complexity index is 1300. The summed E-state index contributed by atoms with van der Waals surface area (Å²) in [5, 5.41) is 0. The molecule has 1 aromatic heterocycles. The van der Waals surface area contributed by atoms with Crippen LogP contribution in [-0.2, 0) is 11.3 Å². The highest BCUT2D eigenvalue weighted by atomic mass is 16.5. The van der Waals surface area contributed by atoms with Gasteiger partial charge in [-0.3, -0.25) is 4.79 Å². The topological polar surface area (TPSA) is 47.4 Å². The number of likely N-dealkylation sites (tertiary alicyclic amines) is 1. The number of ether oxygens (including phenoxy) is 1.